The number of methoxy groups -OCH3 is 1. The fourth-order valence-electron chi connectivity index (χ4n) is 2.38. The van der Waals surface area contributed by atoms with Crippen LogP contribution in [0.15, 0.2) is 54.6 Å². The molecule has 0 saturated heterocycles. The minimum Gasteiger partial charge on any atom is -0.465 e. The van der Waals surface area contributed by atoms with Gasteiger partial charge in [-0.2, -0.15) is 0 Å². The molecule has 1 heterocycles. The number of anilines is 2. The third kappa shape index (κ3) is 2.76. The van der Waals surface area contributed by atoms with Crippen molar-refractivity contribution in [2.75, 3.05) is 12.4 Å². The van der Waals surface area contributed by atoms with Gasteiger partial charge in [-0.15, -0.1) is 0 Å². The van der Waals surface area contributed by atoms with Crippen LogP contribution in [0.4, 0.5) is 11.4 Å². The van der Waals surface area contributed by atoms with E-state index in [0.29, 0.717) is 5.56 Å². The highest BCUT2D eigenvalue weighted by Gasteiger charge is 2.10. The van der Waals surface area contributed by atoms with Crippen LogP contribution in [-0.2, 0) is 4.74 Å². The summed E-state index contributed by atoms with van der Waals surface area (Å²) in [5.41, 5.74) is 4.16. The number of hydrogen-bond donors (Lipinski definition) is 1. The Morgan fingerprint density at radius 3 is 2.59 bits per heavy atom. The van der Waals surface area contributed by atoms with Crippen molar-refractivity contribution in [3.63, 3.8) is 0 Å². The van der Waals surface area contributed by atoms with Gasteiger partial charge in [-0.1, -0.05) is 18.2 Å². The molecular weight excluding hydrogens is 276 g/mol. The molecule has 3 rings (SSSR count). The molecule has 0 saturated carbocycles. The molecule has 0 amide bonds. The molecular formula is C18H16N2O2. The third-order valence-electron chi connectivity index (χ3n) is 3.41. The maximum atomic E-state index is 11.7. The van der Waals surface area contributed by atoms with Gasteiger partial charge < -0.3 is 10.1 Å². The highest BCUT2D eigenvalue weighted by Crippen LogP contribution is 2.27. The number of nitrogens with one attached hydrogen (secondary N) is 1. The number of pyridine rings is 1. The maximum absolute atomic E-state index is 11.7. The lowest BCUT2D eigenvalue weighted by Gasteiger charge is -2.11. The molecule has 0 fully saturated rings. The number of benzene rings is 2. The number of esters is 1. The highest BCUT2D eigenvalue weighted by atomic mass is 16.5. The molecule has 22 heavy (non-hydrogen) atoms. The number of hydrogen-bond acceptors (Lipinski definition) is 4. The largest absolute Gasteiger partial charge is 0.465 e. The van der Waals surface area contributed by atoms with E-state index in [2.05, 4.69) is 10.3 Å². The summed E-state index contributed by atoms with van der Waals surface area (Å²) in [4.78, 5) is 16.2. The standard InChI is InChI=1S/C18H16N2O2/c1-12-10-17(20-14-6-4-3-5-7-14)15-11-13(18(21)22-2)8-9-16(15)19-12/h3-11H,1-2H3,(H,19,20). The Morgan fingerprint density at radius 2 is 1.86 bits per heavy atom. The Balaban J connectivity index is 2.12. The first-order chi connectivity index (χ1) is 10.7. The topological polar surface area (TPSA) is 51.2 Å². The second-order valence-electron chi connectivity index (χ2n) is 5.03. The fourth-order valence-corrected chi connectivity index (χ4v) is 2.38. The number of rotatable bonds is 3. The zero-order valence-electron chi connectivity index (χ0n) is 12.5. The van der Waals surface area contributed by atoms with Crippen LogP contribution in [0.1, 0.15) is 16.1 Å². The van der Waals surface area contributed by atoms with Crippen molar-refractivity contribution in [1.29, 1.82) is 0 Å². The lowest BCUT2D eigenvalue weighted by atomic mass is 10.1. The number of aromatic nitrogens is 1. The molecule has 0 unspecified atom stereocenters. The molecule has 0 radical (unpaired) electrons. The van der Waals surface area contributed by atoms with Crippen LogP contribution >= 0.6 is 0 Å². The van der Waals surface area contributed by atoms with E-state index in [1.165, 1.54) is 7.11 Å². The maximum Gasteiger partial charge on any atom is 0.337 e. The van der Waals surface area contributed by atoms with E-state index in [0.717, 1.165) is 28.0 Å². The quantitative estimate of drug-likeness (QED) is 0.739. The summed E-state index contributed by atoms with van der Waals surface area (Å²) in [5.74, 6) is -0.354. The fraction of sp³-hybridized carbons (Fsp3) is 0.111. The van der Waals surface area contributed by atoms with Crippen molar-refractivity contribution in [3.05, 3.63) is 65.9 Å². The number of para-hydroxylation sites is 1. The van der Waals surface area contributed by atoms with E-state index >= 15 is 0 Å². The smallest absolute Gasteiger partial charge is 0.337 e. The van der Waals surface area contributed by atoms with Gasteiger partial charge in [0.05, 0.1) is 18.2 Å². The summed E-state index contributed by atoms with van der Waals surface area (Å²) in [7, 11) is 1.38. The van der Waals surface area contributed by atoms with Gasteiger partial charge in [0.2, 0.25) is 0 Å². The minimum atomic E-state index is -0.354. The molecule has 0 spiro atoms. The third-order valence-corrected chi connectivity index (χ3v) is 3.41. The van der Waals surface area contributed by atoms with Crippen LogP contribution in [-0.4, -0.2) is 18.1 Å². The Hall–Kier alpha value is -2.88. The highest BCUT2D eigenvalue weighted by molar-refractivity contribution is 5.99. The van der Waals surface area contributed by atoms with Crippen LogP contribution in [0.25, 0.3) is 10.9 Å². The Labute approximate surface area is 128 Å². The predicted molar refractivity (Wildman–Crippen MR) is 87.5 cm³/mol. The van der Waals surface area contributed by atoms with Gasteiger partial charge >= 0.3 is 5.97 Å². The van der Waals surface area contributed by atoms with Gasteiger partial charge in [0.1, 0.15) is 0 Å². The van der Waals surface area contributed by atoms with Crippen molar-refractivity contribution < 1.29 is 9.53 Å². The van der Waals surface area contributed by atoms with Crippen molar-refractivity contribution in [1.82, 2.24) is 4.98 Å². The first-order valence-electron chi connectivity index (χ1n) is 6.99. The summed E-state index contributed by atoms with van der Waals surface area (Å²) in [6.07, 6.45) is 0. The lowest BCUT2D eigenvalue weighted by molar-refractivity contribution is 0.0601. The molecule has 1 aromatic heterocycles. The van der Waals surface area contributed by atoms with E-state index in [1.54, 1.807) is 12.1 Å². The molecule has 4 nitrogen and oxygen atoms in total. The van der Waals surface area contributed by atoms with Gasteiger partial charge in [-0.3, -0.25) is 4.98 Å². The molecule has 1 N–H and O–H groups in total. The minimum absolute atomic E-state index is 0.354. The zero-order valence-corrected chi connectivity index (χ0v) is 12.5. The molecule has 0 atom stereocenters. The molecule has 110 valence electrons. The van der Waals surface area contributed by atoms with E-state index in [1.807, 2.05) is 49.4 Å². The van der Waals surface area contributed by atoms with Gasteiger partial charge in [0.15, 0.2) is 0 Å². The molecule has 3 aromatic rings. The van der Waals surface area contributed by atoms with Gasteiger partial charge in [0.25, 0.3) is 0 Å². The lowest BCUT2D eigenvalue weighted by Crippen LogP contribution is -2.02. The summed E-state index contributed by atoms with van der Waals surface area (Å²) < 4.78 is 4.79. The summed E-state index contributed by atoms with van der Waals surface area (Å²) in [6, 6.07) is 17.2. The first-order valence-corrected chi connectivity index (χ1v) is 6.99. The number of nitrogens with zero attached hydrogens (tertiary/aromatic N) is 1. The number of fused-ring (bicyclic) bond motifs is 1. The van der Waals surface area contributed by atoms with E-state index in [9.17, 15) is 4.79 Å². The second-order valence-corrected chi connectivity index (χ2v) is 5.03. The number of carbonyl (C=O) groups excluding carboxylic acids is 1. The van der Waals surface area contributed by atoms with Crippen molar-refractivity contribution in [3.8, 4) is 0 Å². The number of carbonyl (C=O) groups is 1. The molecule has 0 aliphatic rings. The van der Waals surface area contributed by atoms with Crippen LogP contribution < -0.4 is 5.32 Å². The van der Waals surface area contributed by atoms with Crippen LogP contribution in [0.3, 0.4) is 0 Å². The molecule has 0 aliphatic carbocycles. The monoisotopic (exact) mass is 292 g/mol. The predicted octanol–water partition coefficient (Wildman–Crippen LogP) is 4.07. The van der Waals surface area contributed by atoms with E-state index in [4.69, 9.17) is 4.74 Å². The molecule has 2 aromatic carbocycles. The van der Waals surface area contributed by atoms with Crippen LogP contribution in [0, 0.1) is 6.92 Å². The van der Waals surface area contributed by atoms with Crippen LogP contribution in [0.5, 0.6) is 0 Å². The summed E-state index contributed by atoms with van der Waals surface area (Å²) >= 11 is 0. The van der Waals surface area contributed by atoms with Crippen molar-refractivity contribution >= 4 is 28.2 Å². The van der Waals surface area contributed by atoms with E-state index in [-0.39, 0.29) is 5.97 Å². The molecule has 0 bridgehead atoms. The second kappa shape index (κ2) is 5.85. The van der Waals surface area contributed by atoms with Crippen LogP contribution in [0.2, 0.25) is 0 Å². The van der Waals surface area contributed by atoms with Gasteiger partial charge in [-0.05, 0) is 43.3 Å². The average Bonchev–Trinajstić information content (AvgIpc) is 2.54. The van der Waals surface area contributed by atoms with E-state index < -0.39 is 0 Å². The molecule has 0 aliphatic heterocycles. The van der Waals surface area contributed by atoms with Gasteiger partial charge in [-0.25, -0.2) is 4.79 Å². The Bertz CT molecular complexity index is 829. The first kappa shape index (κ1) is 14.1. The number of aryl methyl sites for hydroxylation is 1. The normalized spacial score (nSPS) is 10.5. The zero-order chi connectivity index (χ0) is 15.5. The SMILES string of the molecule is COC(=O)c1ccc2nc(C)cc(Nc3ccccc3)c2c1. The average molecular weight is 292 g/mol. The Kier molecular flexibility index (Phi) is 3.74. The van der Waals surface area contributed by atoms with Crippen molar-refractivity contribution in [2.24, 2.45) is 0 Å². The molecule has 4 heteroatoms. The summed E-state index contributed by atoms with van der Waals surface area (Å²) in [6.45, 7) is 1.95. The number of ether oxygens (including phenoxy) is 1. The Morgan fingerprint density at radius 1 is 1.09 bits per heavy atom. The van der Waals surface area contributed by atoms with Crippen molar-refractivity contribution in [2.45, 2.75) is 6.92 Å². The van der Waals surface area contributed by atoms with Gasteiger partial charge in [0, 0.05) is 22.5 Å². The summed E-state index contributed by atoms with van der Waals surface area (Å²) in [5, 5.41) is 4.27.